The molecule has 1 unspecified atom stereocenters. The molecule has 2 fully saturated rings. The fraction of sp³-hybridized carbons (Fsp3) is 0.667. The molecule has 1 aromatic heterocycles. The van der Waals surface area contributed by atoms with Crippen LogP contribution in [-0.4, -0.2) is 72.9 Å². The highest BCUT2D eigenvalue weighted by molar-refractivity contribution is 5.77. The van der Waals surface area contributed by atoms with E-state index in [0.717, 1.165) is 19.4 Å². The quantitative estimate of drug-likeness (QED) is 0.723. The molecule has 2 aliphatic rings. The Labute approximate surface area is 139 Å². The molecule has 2 aliphatic heterocycles. The van der Waals surface area contributed by atoms with E-state index < -0.39 is 0 Å². The van der Waals surface area contributed by atoms with Gasteiger partial charge in [-0.2, -0.15) is 4.98 Å². The van der Waals surface area contributed by atoms with Crippen molar-refractivity contribution >= 4 is 17.7 Å². The normalized spacial score (nSPS) is 21.2. The van der Waals surface area contributed by atoms with Crippen LogP contribution in [0.4, 0.5) is 11.8 Å². The van der Waals surface area contributed by atoms with Gasteiger partial charge in [0, 0.05) is 38.9 Å². The predicted molar refractivity (Wildman–Crippen MR) is 87.9 cm³/mol. The van der Waals surface area contributed by atoms with Gasteiger partial charge in [0.15, 0.2) is 0 Å². The Balaban J connectivity index is 1.44. The molecule has 0 spiro atoms. The number of carbonyl (C=O) groups is 1. The Bertz CT molecular complexity index is 621. The van der Waals surface area contributed by atoms with Crippen molar-refractivity contribution in [2.24, 2.45) is 0 Å². The molecule has 9 heteroatoms. The maximum absolute atomic E-state index is 12.2. The summed E-state index contributed by atoms with van der Waals surface area (Å²) in [4.78, 5) is 33.9. The SMILES string of the molecule is Nc1nc(N2CCN(C(=O)COCC3CCCO3)CC2)cc(=O)[nH]1. The molecule has 1 atom stereocenters. The number of aromatic amines is 1. The number of amides is 1. The van der Waals surface area contributed by atoms with Crippen LogP contribution < -0.4 is 16.2 Å². The number of rotatable bonds is 5. The van der Waals surface area contributed by atoms with Gasteiger partial charge in [0.2, 0.25) is 11.9 Å². The van der Waals surface area contributed by atoms with Gasteiger partial charge in [-0.05, 0) is 12.8 Å². The standard InChI is InChI=1S/C15H23N5O4/c16-15-17-12(8-13(21)18-15)19-3-5-20(6-4-19)14(22)10-23-9-11-2-1-7-24-11/h8,11H,1-7,9-10H2,(H3,16,17,18,21). The third-order valence-electron chi connectivity index (χ3n) is 4.26. The summed E-state index contributed by atoms with van der Waals surface area (Å²) in [5.41, 5.74) is 5.28. The highest BCUT2D eigenvalue weighted by Gasteiger charge is 2.23. The highest BCUT2D eigenvalue weighted by atomic mass is 16.5. The first kappa shape index (κ1) is 16.7. The van der Waals surface area contributed by atoms with Crippen LogP contribution in [0.3, 0.4) is 0 Å². The Morgan fingerprint density at radius 1 is 1.42 bits per heavy atom. The zero-order chi connectivity index (χ0) is 16.9. The summed E-state index contributed by atoms with van der Waals surface area (Å²) in [5, 5.41) is 0. The fourth-order valence-electron chi connectivity index (χ4n) is 2.95. The van der Waals surface area contributed by atoms with Gasteiger partial charge in [-0.15, -0.1) is 0 Å². The number of nitrogens with one attached hydrogen (secondary N) is 1. The Morgan fingerprint density at radius 2 is 2.21 bits per heavy atom. The number of hydrogen-bond acceptors (Lipinski definition) is 7. The van der Waals surface area contributed by atoms with Crippen molar-refractivity contribution in [2.75, 3.05) is 56.6 Å². The molecule has 0 radical (unpaired) electrons. The second-order valence-corrected chi connectivity index (χ2v) is 6.01. The van der Waals surface area contributed by atoms with Gasteiger partial charge in [-0.3, -0.25) is 14.6 Å². The number of H-pyrrole nitrogens is 1. The van der Waals surface area contributed by atoms with Crippen LogP contribution in [0.2, 0.25) is 0 Å². The first-order chi connectivity index (χ1) is 11.6. The van der Waals surface area contributed by atoms with Crippen molar-refractivity contribution in [3.8, 4) is 0 Å². The van der Waals surface area contributed by atoms with Crippen LogP contribution in [0, 0.1) is 0 Å². The van der Waals surface area contributed by atoms with Crippen molar-refractivity contribution in [1.29, 1.82) is 0 Å². The lowest BCUT2D eigenvalue weighted by Crippen LogP contribution is -2.50. The maximum Gasteiger partial charge on any atom is 0.254 e. The summed E-state index contributed by atoms with van der Waals surface area (Å²) in [6, 6.07) is 1.42. The van der Waals surface area contributed by atoms with E-state index in [1.807, 2.05) is 4.90 Å². The van der Waals surface area contributed by atoms with E-state index in [2.05, 4.69) is 9.97 Å². The third kappa shape index (κ3) is 4.24. The molecule has 0 saturated carbocycles. The summed E-state index contributed by atoms with van der Waals surface area (Å²) in [5.74, 6) is 0.613. The summed E-state index contributed by atoms with van der Waals surface area (Å²) in [6.45, 7) is 3.68. The monoisotopic (exact) mass is 337 g/mol. The highest BCUT2D eigenvalue weighted by Crippen LogP contribution is 2.13. The molecule has 3 heterocycles. The summed E-state index contributed by atoms with van der Waals surface area (Å²) < 4.78 is 10.9. The number of ether oxygens (including phenoxy) is 2. The topological polar surface area (TPSA) is 114 Å². The van der Waals surface area contributed by atoms with E-state index in [9.17, 15) is 9.59 Å². The number of nitrogen functional groups attached to an aromatic ring is 1. The molecule has 0 aromatic carbocycles. The van der Waals surface area contributed by atoms with Gasteiger partial charge in [0.05, 0.1) is 12.7 Å². The van der Waals surface area contributed by atoms with Gasteiger partial charge in [-0.25, -0.2) is 0 Å². The zero-order valence-corrected chi connectivity index (χ0v) is 13.6. The average Bonchev–Trinajstić information content (AvgIpc) is 3.07. The number of piperazine rings is 1. The van der Waals surface area contributed by atoms with Crippen LogP contribution in [0.25, 0.3) is 0 Å². The third-order valence-corrected chi connectivity index (χ3v) is 4.26. The first-order valence-electron chi connectivity index (χ1n) is 8.21. The molecule has 1 aromatic rings. The number of carbonyl (C=O) groups excluding carboxylic acids is 1. The van der Waals surface area contributed by atoms with Crippen molar-refractivity contribution in [3.63, 3.8) is 0 Å². The molecular weight excluding hydrogens is 314 g/mol. The molecule has 1 amide bonds. The average molecular weight is 337 g/mol. The predicted octanol–water partition coefficient (Wildman–Crippen LogP) is -0.804. The van der Waals surface area contributed by atoms with Crippen molar-refractivity contribution in [2.45, 2.75) is 18.9 Å². The number of anilines is 2. The van der Waals surface area contributed by atoms with E-state index >= 15 is 0 Å². The number of nitrogens with zero attached hydrogens (tertiary/aromatic N) is 3. The minimum atomic E-state index is -0.279. The lowest BCUT2D eigenvalue weighted by molar-refractivity contribution is -0.137. The molecule has 2 saturated heterocycles. The van der Waals surface area contributed by atoms with Crippen molar-refractivity contribution < 1.29 is 14.3 Å². The lowest BCUT2D eigenvalue weighted by Gasteiger charge is -2.35. The number of hydrogen-bond donors (Lipinski definition) is 2. The number of aromatic nitrogens is 2. The summed E-state index contributed by atoms with van der Waals surface area (Å²) in [7, 11) is 0. The smallest absolute Gasteiger partial charge is 0.254 e. The second-order valence-electron chi connectivity index (χ2n) is 6.01. The van der Waals surface area contributed by atoms with Crippen molar-refractivity contribution in [1.82, 2.24) is 14.9 Å². The lowest BCUT2D eigenvalue weighted by atomic mass is 10.2. The fourth-order valence-corrected chi connectivity index (χ4v) is 2.95. The van der Waals surface area contributed by atoms with Gasteiger partial charge in [0.25, 0.3) is 5.56 Å². The first-order valence-corrected chi connectivity index (χ1v) is 8.21. The Hall–Kier alpha value is -2.13. The maximum atomic E-state index is 12.2. The Morgan fingerprint density at radius 3 is 2.88 bits per heavy atom. The van der Waals surface area contributed by atoms with Gasteiger partial charge in [0.1, 0.15) is 12.4 Å². The van der Waals surface area contributed by atoms with Gasteiger partial charge < -0.3 is 25.0 Å². The van der Waals surface area contributed by atoms with Crippen LogP contribution in [0.1, 0.15) is 12.8 Å². The zero-order valence-electron chi connectivity index (χ0n) is 13.6. The van der Waals surface area contributed by atoms with E-state index in [-0.39, 0.29) is 30.1 Å². The van der Waals surface area contributed by atoms with E-state index in [4.69, 9.17) is 15.2 Å². The molecule has 3 rings (SSSR count). The van der Waals surface area contributed by atoms with Gasteiger partial charge in [-0.1, -0.05) is 0 Å². The Kier molecular flexibility index (Phi) is 5.31. The van der Waals surface area contributed by atoms with E-state index in [0.29, 0.717) is 38.6 Å². The van der Waals surface area contributed by atoms with E-state index in [1.165, 1.54) is 6.07 Å². The van der Waals surface area contributed by atoms with Gasteiger partial charge >= 0.3 is 0 Å². The number of nitrogens with two attached hydrogens (primary N) is 1. The summed E-state index contributed by atoms with van der Waals surface area (Å²) in [6.07, 6.45) is 2.19. The second kappa shape index (κ2) is 7.63. The molecule has 0 bridgehead atoms. The molecule has 24 heavy (non-hydrogen) atoms. The summed E-state index contributed by atoms with van der Waals surface area (Å²) >= 11 is 0. The largest absolute Gasteiger partial charge is 0.376 e. The molecule has 3 N–H and O–H groups in total. The molecule has 0 aliphatic carbocycles. The van der Waals surface area contributed by atoms with Crippen LogP contribution >= 0.6 is 0 Å². The van der Waals surface area contributed by atoms with Crippen LogP contribution in [0.15, 0.2) is 10.9 Å². The molecule has 9 nitrogen and oxygen atoms in total. The van der Waals surface area contributed by atoms with Crippen LogP contribution in [-0.2, 0) is 14.3 Å². The minimum Gasteiger partial charge on any atom is -0.376 e. The van der Waals surface area contributed by atoms with Crippen molar-refractivity contribution in [3.05, 3.63) is 16.4 Å². The van der Waals surface area contributed by atoms with Crippen LogP contribution in [0.5, 0.6) is 0 Å². The molecular formula is C15H23N5O4. The molecule has 132 valence electrons. The minimum absolute atomic E-state index is 0.0222. The van der Waals surface area contributed by atoms with E-state index in [1.54, 1.807) is 4.90 Å².